The largest absolute Gasteiger partial charge is 0.396 e. The van der Waals surface area contributed by atoms with E-state index in [-0.39, 0.29) is 12.5 Å². The van der Waals surface area contributed by atoms with Crippen LogP contribution in [0, 0.1) is 0 Å². The maximum Gasteiger partial charge on any atom is 0.261 e. The first-order valence-electron chi connectivity index (χ1n) is 6.82. The van der Waals surface area contributed by atoms with Gasteiger partial charge in [-0.2, -0.15) is 0 Å². The Balaban J connectivity index is 1.68. The molecule has 1 heterocycles. The second kappa shape index (κ2) is 6.90. The molecule has 0 bridgehead atoms. The third-order valence-electron chi connectivity index (χ3n) is 3.34. The van der Waals surface area contributed by atoms with E-state index in [1.807, 2.05) is 0 Å². The van der Waals surface area contributed by atoms with E-state index in [0.29, 0.717) is 0 Å². The quantitative estimate of drug-likeness (QED) is 0.746. The van der Waals surface area contributed by atoms with Gasteiger partial charge in [0.2, 0.25) is 0 Å². The average molecular weight is 267 g/mol. The summed E-state index contributed by atoms with van der Waals surface area (Å²) in [4.78, 5) is 14.2. The third kappa shape index (κ3) is 3.56. The van der Waals surface area contributed by atoms with Gasteiger partial charge in [-0.25, -0.2) is 0 Å². The maximum atomic E-state index is 11.9. The van der Waals surface area contributed by atoms with E-state index in [1.54, 1.807) is 11.3 Å². The summed E-state index contributed by atoms with van der Waals surface area (Å²) in [6.07, 6.45) is 7.51. The van der Waals surface area contributed by atoms with Crippen LogP contribution in [0.25, 0.3) is 0 Å². The summed E-state index contributed by atoms with van der Waals surface area (Å²) < 4.78 is 0. The van der Waals surface area contributed by atoms with Gasteiger partial charge in [-0.05, 0) is 43.7 Å². The zero-order valence-corrected chi connectivity index (χ0v) is 11.5. The zero-order chi connectivity index (χ0) is 12.8. The molecular formula is C14H21NO2S. The maximum absolute atomic E-state index is 11.9. The molecule has 1 aliphatic carbocycles. The van der Waals surface area contributed by atoms with Crippen molar-refractivity contribution in [3.05, 3.63) is 21.4 Å². The third-order valence-corrected chi connectivity index (χ3v) is 4.58. The molecule has 3 nitrogen and oxygen atoms in total. The number of thiophene rings is 1. The highest BCUT2D eigenvalue weighted by atomic mass is 32.1. The van der Waals surface area contributed by atoms with Crippen molar-refractivity contribution < 1.29 is 9.90 Å². The van der Waals surface area contributed by atoms with Crippen molar-refractivity contribution in [3.63, 3.8) is 0 Å². The number of unbranched alkanes of at least 4 members (excludes halogenated alkanes) is 3. The van der Waals surface area contributed by atoms with Crippen molar-refractivity contribution >= 4 is 17.2 Å². The Bertz CT molecular complexity index is 379. The zero-order valence-electron chi connectivity index (χ0n) is 10.7. The SMILES string of the molecule is O=C(NCCCCCCO)c1cc2c(s1)CCC2. The fourth-order valence-corrected chi connectivity index (χ4v) is 3.49. The highest BCUT2D eigenvalue weighted by Crippen LogP contribution is 2.30. The molecule has 0 atom stereocenters. The summed E-state index contributed by atoms with van der Waals surface area (Å²) >= 11 is 1.66. The number of aliphatic hydroxyl groups is 1. The van der Waals surface area contributed by atoms with Crippen LogP contribution >= 0.6 is 11.3 Å². The van der Waals surface area contributed by atoms with E-state index in [2.05, 4.69) is 11.4 Å². The van der Waals surface area contributed by atoms with Crippen molar-refractivity contribution in [1.82, 2.24) is 5.32 Å². The van der Waals surface area contributed by atoms with Crippen LogP contribution in [0.3, 0.4) is 0 Å². The van der Waals surface area contributed by atoms with Crippen LogP contribution in [-0.2, 0) is 12.8 Å². The molecule has 0 saturated heterocycles. The molecule has 1 aromatic heterocycles. The second-order valence-corrected chi connectivity index (χ2v) is 5.94. The molecule has 2 rings (SSSR count). The number of aliphatic hydroxyl groups excluding tert-OH is 1. The minimum Gasteiger partial charge on any atom is -0.396 e. The number of amides is 1. The number of hydrogen-bond donors (Lipinski definition) is 2. The van der Waals surface area contributed by atoms with Gasteiger partial charge in [0.05, 0.1) is 4.88 Å². The lowest BCUT2D eigenvalue weighted by Crippen LogP contribution is -2.23. The minimum absolute atomic E-state index is 0.0801. The predicted molar refractivity (Wildman–Crippen MR) is 74.2 cm³/mol. The van der Waals surface area contributed by atoms with Gasteiger partial charge in [0.25, 0.3) is 5.91 Å². The Morgan fingerprint density at radius 1 is 1.28 bits per heavy atom. The number of hydrogen-bond acceptors (Lipinski definition) is 3. The molecule has 100 valence electrons. The van der Waals surface area contributed by atoms with Crippen molar-refractivity contribution in [2.24, 2.45) is 0 Å². The van der Waals surface area contributed by atoms with Crippen molar-refractivity contribution in [3.8, 4) is 0 Å². The Morgan fingerprint density at radius 3 is 2.89 bits per heavy atom. The van der Waals surface area contributed by atoms with Gasteiger partial charge in [0.15, 0.2) is 0 Å². The summed E-state index contributed by atoms with van der Waals surface area (Å²) in [5.41, 5.74) is 1.38. The van der Waals surface area contributed by atoms with Gasteiger partial charge >= 0.3 is 0 Å². The number of carbonyl (C=O) groups excluding carboxylic acids is 1. The number of carbonyl (C=O) groups is 1. The molecule has 0 spiro atoms. The van der Waals surface area contributed by atoms with Gasteiger partial charge < -0.3 is 10.4 Å². The molecule has 1 amide bonds. The summed E-state index contributed by atoms with van der Waals surface area (Å²) in [5.74, 6) is 0.0801. The first-order chi connectivity index (χ1) is 8.81. The van der Waals surface area contributed by atoms with Crippen molar-refractivity contribution in [2.75, 3.05) is 13.2 Å². The monoisotopic (exact) mass is 267 g/mol. The number of fused-ring (bicyclic) bond motifs is 1. The standard InChI is InChI=1S/C14H21NO2S/c16-9-4-2-1-3-8-15-14(17)13-10-11-6-5-7-12(11)18-13/h10,16H,1-9H2,(H,15,17). The summed E-state index contributed by atoms with van der Waals surface area (Å²) in [6, 6.07) is 2.06. The van der Waals surface area contributed by atoms with Gasteiger partial charge in [-0.15, -0.1) is 11.3 Å². The molecule has 18 heavy (non-hydrogen) atoms. The van der Waals surface area contributed by atoms with Crippen LogP contribution < -0.4 is 5.32 Å². The van der Waals surface area contributed by atoms with E-state index in [4.69, 9.17) is 5.11 Å². The first-order valence-corrected chi connectivity index (χ1v) is 7.63. The summed E-state index contributed by atoms with van der Waals surface area (Å²) in [7, 11) is 0. The average Bonchev–Trinajstić information content (AvgIpc) is 2.93. The lowest BCUT2D eigenvalue weighted by Gasteiger charge is -2.03. The fraction of sp³-hybridized carbons (Fsp3) is 0.643. The van der Waals surface area contributed by atoms with Crippen molar-refractivity contribution in [1.29, 1.82) is 0 Å². The van der Waals surface area contributed by atoms with Crippen LogP contribution in [0.1, 0.15) is 52.2 Å². The van der Waals surface area contributed by atoms with E-state index < -0.39 is 0 Å². The van der Waals surface area contributed by atoms with Crippen LogP contribution in [0.5, 0.6) is 0 Å². The lowest BCUT2D eigenvalue weighted by atomic mass is 10.2. The molecule has 4 heteroatoms. The molecule has 0 aromatic carbocycles. The van der Waals surface area contributed by atoms with E-state index in [1.165, 1.54) is 16.9 Å². The van der Waals surface area contributed by atoms with E-state index in [9.17, 15) is 4.79 Å². The molecule has 1 aliphatic rings. The Morgan fingerprint density at radius 2 is 2.11 bits per heavy atom. The Labute approximate surface area is 112 Å². The highest BCUT2D eigenvalue weighted by Gasteiger charge is 2.17. The van der Waals surface area contributed by atoms with Crippen molar-refractivity contribution in [2.45, 2.75) is 44.9 Å². The highest BCUT2D eigenvalue weighted by molar-refractivity contribution is 7.14. The molecule has 0 unspecified atom stereocenters. The lowest BCUT2D eigenvalue weighted by molar-refractivity contribution is 0.0957. The minimum atomic E-state index is 0.0801. The van der Waals surface area contributed by atoms with E-state index >= 15 is 0 Å². The predicted octanol–water partition coefficient (Wildman–Crippen LogP) is 2.52. The van der Waals surface area contributed by atoms with Crippen LogP contribution in [0.4, 0.5) is 0 Å². The van der Waals surface area contributed by atoms with Crippen LogP contribution in [0.2, 0.25) is 0 Å². The van der Waals surface area contributed by atoms with Crippen LogP contribution in [-0.4, -0.2) is 24.2 Å². The summed E-state index contributed by atoms with van der Waals surface area (Å²) in [5, 5.41) is 11.6. The molecule has 1 aromatic rings. The number of nitrogens with one attached hydrogen (secondary N) is 1. The normalized spacial score (nSPS) is 13.6. The Hall–Kier alpha value is -0.870. The molecule has 2 N–H and O–H groups in total. The fourth-order valence-electron chi connectivity index (χ4n) is 2.32. The first kappa shape index (κ1) is 13.6. The van der Waals surface area contributed by atoms with Gasteiger partial charge in [0.1, 0.15) is 0 Å². The number of aryl methyl sites for hydroxylation is 2. The van der Waals surface area contributed by atoms with Gasteiger partial charge in [0, 0.05) is 18.0 Å². The smallest absolute Gasteiger partial charge is 0.261 e. The van der Waals surface area contributed by atoms with Gasteiger partial charge in [-0.1, -0.05) is 12.8 Å². The topological polar surface area (TPSA) is 49.3 Å². The molecular weight excluding hydrogens is 246 g/mol. The summed E-state index contributed by atoms with van der Waals surface area (Å²) in [6.45, 7) is 1.01. The second-order valence-electron chi connectivity index (χ2n) is 4.81. The number of rotatable bonds is 7. The van der Waals surface area contributed by atoms with E-state index in [0.717, 1.165) is 49.9 Å². The van der Waals surface area contributed by atoms with Crippen LogP contribution in [0.15, 0.2) is 6.07 Å². The molecule has 0 radical (unpaired) electrons. The van der Waals surface area contributed by atoms with Gasteiger partial charge in [-0.3, -0.25) is 4.79 Å². The Kier molecular flexibility index (Phi) is 5.20. The molecule has 0 fully saturated rings. The molecule has 0 aliphatic heterocycles. The molecule has 0 saturated carbocycles.